The molecule has 2 aliphatic heterocycles. The maximum absolute atomic E-state index is 13.2. The van der Waals surface area contributed by atoms with Crippen molar-refractivity contribution in [1.29, 1.82) is 0 Å². The van der Waals surface area contributed by atoms with Crippen molar-refractivity contribution in [3.8, 4) is 0 Å². The van der Waals surface area contributed by atoms with Crippen molar-refractivity contribution in [2.75, 3.05) is 26.2 Å². The van der Waals surface area contributed by atoms with E-state index in [1.54, 1.807) is 4.90 Å². The van der Waals surface area contributed by atoms with Crippen LogP contribution in [-0.4, -0.2) is 65.7 Å². The highest BCUT2D eigenvalue weighted by atomic mass is 16.2. The third-order valence-electron chi connectivity index (χ3n) is 5.55. The number of carbonyl (C=O) groups excluding carboxylic acids is 3. The van der Waals surface area contributed by atoms with E-state index in [2.05, 4.69) is 19.2 Å². The quantitative estimate of drug-likeness (QED) is 0.669. The summed E-state index contributed by atoms with van der Waals surface area (Å²) in [4.78, 5) is 41.7. The molecule has 2 atom stereocenters. The summed E-state index contributed by atoms with van der Waals surface area (Å²) in [6.07, 6.45) is 4.84. The van der Waals surface area contributed by atoms with Crippen molar-refractivity contribution in [1.82, 2.24) is 15.1 Å². The molecule has 2 aliphatic rings. The molecule has 2 rings (SSSR count). The Balaban J connectivity index is 1.93. The zero-order valence-electron chi connectivity index (χ0n) is 17.5. The Morgan fingerprint density at radius 3 is 2.30 bits per heavy atom. The molecule has 0 aromatic heterocycles. The van der Waals surface area contributed by atoms with Gasteiger partial charge in [-0.1, -0.05) is 27.7 Å². The van der Waals surface area contributed by atoms with Crippen LogP contribution < -0.4 is 5.32 Å². The second-order valence-electron chi connectivity index (χ2n) is 8.93. The molecule has 1 N–H and O–H groups in total. The molecule has 6 heteroatoms. The lowest BCUT2D eigenvalue weighted by Gasteiger charge is -2.30. The van der Waals surface area contributed by atoms with Crippen LogP contribution in [-0.2, 0) is 9.59 Å². The largest absolute Gasteiger partial charge is 0.338 e. The van der Waals surface area contributed by atoms with Crippen LogP contribution in [0.1, 0.15) is 66.2 Å². The predicted octanol–water partition coefficient (Wildman–Crippen LogP) is 2.86. The van der Waals surface area contributed by atoms with Crippen LogP contribution in [0.4, 0.5) is 4.79 Å². The molecule has 1 unspecified atom stereocenters. The zero-order valence-corrected chi connectivity index (χ0v) is 17.5. The Hall–Kier alpha value is -1.43. The molecular formula is C21H37N3O3. The minimum absolute atomic E-state index is 0.119. The highest BCUT2D eigenvalue weighted by Gasteiger charge is 2.41. The van der Waals surface area contributed by atoms with Gasteiger partial charge in [-0.15, -0.1) is 0 Å². The van der Waals surface area contributed by atoms with Gasteiger partial charge in [0, 0.05) is 19.5 Å². The summed E-state index contributed by atoms with van der Waals surface area (Å²) in [5.41, 5.74) is 0. The Labute approximate surface area is 164 Å². The molecule has 2 heterocycles. The van der Waals surface area contributed by atoms with Crippen LogP contribution in [0.15, 0.2) is 0 Å². The average Bonchev–Trinajstić information content (AvgIpc) is 3.22. The third-order valence-corrected chi connectivity index (χ3v) is 5.55. The fraction of sp³-hybridized carbons (Fsp3) is 0.857. The first-order valence-electron chi connectivity index (χ1n) is 10.6. The van der Waals surface area contributed by atoms with Gasteiger partial charge in [-0.3, -0.25) is 14.5 Å². The molecule has 154 valence electrons. The molecule has 0 aromatic carbocycles. The maximum Gasteiger partial charge on any atom is 0.318 e. The molecule has 0 radical (unpaired) electrons. The molecule has 2 saturated heterocycles. The lowest BCUT2D eigenvalue weighted by atomic mass is 10.00. The Bertz CT molecular complexity index is 533. The fourth-order valence-electron chi connectivity index (χ4n) is 4.18. The summed E-state index contributed by atoms with van der Waals surface area (Å²) in [5.74, 6) is 1.21. The number of carbonyl (C=O) groups is 3. The lowest BCUT2D eigenvalue weighted by molar-refractivity contribution is -0.128. The number of hydrogen-bond donors (Lipinski definition) is 1. The lowest BCUT2D eigenvalue weighted by Crippen LogP contribution is -2.51. The summed E-state index contributed by atoms with van der Waals surface area (Å²) in [5, 5.41) is 2.96. The van der Waals surface area contributed by atoms with Crippen LogP contribution in [0, 0.1) is 11.8 Å². The third kappa shape index (κ3) is 6.30. The molecular weight excluding hydrogens is 342 g/mol. The number of urea groups is 1. The van der Waals surface area contributed by atoms with E-state index >= 15 is 0 Å². The van der Waals surface area contributed by atoms with Gasteiger partial charge >= 0.3 is 6.03 Å². The van der Waals surface area contributed by atoms with Gasteiger partial charge in [-0.05, 0) is 50.5 Å². The highest BCUT2D eigenvalue weighted by Crippen LogP contribution is 2.26. The van der Waals surface area contributed by atoms with Crippen LogP contribution >= 0.6 is 0 Å². The number of nitrogens with one attached hydrogen (secondary N) is 1. The molecule has 2 amide bonds. The van der Waals surface area contributed by atoms with Crippen molar-refractivity contribution in [2.45, 2.75) is 78.3 Å². The first-order valence-corrected chi connectivity index (χ1v) is 10.6. The topological polar surface area (TPSA) is 69.7 Å². The Morgan fingerprint density at radius 1 is 0.963 bits per heavy atom. The molecule has 0 aromatic rings. The van der Waals surface area contributed by atoms with E-state index in [1.165, 1.54) is 0 Å². The predicted molar refractivity (Wildman–Crippen MR) is 107 cm³/mol. The van der Waals surface area contributed by atoms with Crippen LogP contribution in [0.25, 0.3) is 0 Å². The molecule has 0 aliphatic carbocycles. The van der Waals surface area contributed by atoms with Crippen molar-refractivity contribution >= 4 is 17.6 Å². The number of amides is 2. The summed E-state index contributed by atoms with van der Waals surface area (Å²) in [6.45, 7) is 10.8. The fourth-order valence-corrected chi connectivity index (χ4v) is 4.18. The van der Waals surface area contributed by atoms with Crippen molar-refractivity contribution in [2.24, 2.45) is 11.8 Å². The van der Waals surface area contributed by atoms with Crippen LogP contribution in [0.2, 0.25) is 0 Å². The first kappa shape index (κ1) is 21.9. The molecule has 6 nitrogen and oxygen atoms in total. The van der Waals surface area contributed by atoms with Gasteiger partial charge in [0.2, 0.25) is 0 Å². The molecule has 0 spiro atoms. The molecule has 2 fully saturated rings. The average molecular weight is 380 g/mol. The molecule has 0 saturated carbocycles. The summed E-state index contributed by atoms with van der Waals surface area (Å²) < 4.78 is 0. The van der Waals surface area contributed by atoms with Gasteiger partial charge < -0.3 is 10.2 Å². The van der Waals surface area contributed by atoms with Gasteiger partial charge in [-0.2, -0.15) is 0 Å². The smallest absolute Gasteiger partial charge is 0.318 e. The van der Waals surface area contributed by atoms with Gasteiger partial charge in [0.25, 0.3) is 0 Å². The highest BCUT2D eigenvalue weighted by molar-refractivity contribution is 5.93. The van der Waals surface area contributed by atoms with Gasteiger partial charge in [0.1, 0.15) is 5.78 Å². The summed E-state index contributed by atoms with van der Waals surface area (Å²) in [6, 6.07) is -0.669. The van der Waals surface area contributed by atoms with Crippen molar-refractivity contribution in [3.63, 3.8) is 0 Å². The van der Waals surface area contributed by atoms with E-state index in [0.29, 0.717) is 37.9 Å². The SMILES string of the molecule is CC(C)CCNC(=O)N1CCCC1C(=O)[C@@H]1CCCN1CC(=O)CC(C)C. The number of likely N-dealkylation sites (tertiary alicyclic amines) is 2. The first-order chi connectivity index (χ1) is 12.8. The molecule has 0 bridgehead atoms. The monoisotopic (exact) mass is 379 g/mol. The minimum atomic E-state index is -0.338. The second-order valence-corrected chi connectivity index (χ2v) is 8.93. The van der Waals surface area contributed by atoms with Crippen LogP contribution in [0.3, 0.4) is 0 Å². The van der Waals surface area contributed by atoms with E-state index in [0.717, 1.165) is 38.6 Å². The van der Waals surface area contributed by atoms with Crippen LogP contribution in [0.5, 0.6) is 0 Å². The maximum atomic E-state index is 13.2. The van der Waals surface area contributed by atoms with Crippen molar-refractivity contribution in [3.05, 3.63) is 0 Å². The number of ketones is 2. The van der Waals surface area contributed by atoms with Crippen molar-refractivity contribution < 1.29 is 14.4 Å². The van der Waals surface area contributed by atoms with E-state index in [-0.39, 0.29) is 29.7 Å². The number of nitrogens with zero attached hydrogens (tertiary/aromatic N) is 2. The van der Waals surface area contributed by atoms with Gasteiger partial charge in [0.05, 0.1) is 18.6 Å². The van der Waals surface area contributed by atoms with Gasteiger partial charge in [-0.25, -0.2) is 4.79 Å². The Kier molecular flexibility index (Phi) is 8.27. The van der Waals surface area contributed by atoms with E-state index in [1.807, 2.05) is 18.7 Å². The minimum Gasteiger partial charge on any atom is -0.338 e. The van der Waals surface area contributed by atoms with Gasteiger partial charge in [0.15, 0.2) is 5.78 Å². The van der Waals surface area contributed by atoms with E-state index in [9.17, 15) is 14.4 Å². The van der Waals surface area contributed by atoms with E-state index in [4.69, 9.17) is 0 Å². The zero-order chi connectivity index (χ0) is 20.0. The molecule has 27 heavy (non-hydrogen) atoms. The standard InChI is InChI=1S/C21H37N3O3/c1-15(2)9-10-22-21(27)24-12-6-8-19(24)20(26)18-7-5-11-23(18)14-17(25)13-16(3)4/h15-16,18-19H,5-14H2,1-4H3,(H,22,27)/t18-,19?/m0/s1. The second kappa shape index (κ2) is 10.2. The number of Topliss-reactive ketones (excluding diaryl/α,β-unsaturated/α-hetero) is 2. The number of rotatable bonds is 9. The Morgan fingerprint density at radius 2 is 1.63 bits per heavy atom. The summed E-state index contributed by atoms with van der Waals surface area (Å²) >= 11 is 0. The summed E-state index contributed by atoms with van der Waals surface area (Å²) in [7, 11) is 0. The normalized spacial score (nSPS) is 23.4. The number of hydrogen-bond acceptors (Lipinski definition) is 4. The van der Waals surface area contributed by atoms with E-state index < -0.39 is 0 Å².